The molecule has 0 atom stereocenters. The van der Waals surface area contributed by atoms with E-state index in [1.165, 1.54) is 6.33 Å². The van der Waals surface area contributed by atoms with Gasteiger partial charge in [-0.15, -0.1) is 0 Å². The number of rotatable bonds is 5. The molecule has 1 amide bonds. The van der Waals surface area contributed by atoms with Crippen molar-refractivity contribution in [3.63, 3.8) is 0 Å². The Hall–Kier alpha value is -3.74. The molecular formula is C20H20N6O. The standard InChI is InChI=1S/C20H20N6O/c1-12-5-3-8-15(9-12)26-20(27)14-7-4-6-13(10-14)17(21)16-18(22)24-11-25-19(16)23-2/h3-11,21H,1-2H3,(H,26,27)(H3,22,23,24,25). The lowest BCUT2D eigenvalue weighted by molar-refractivity contribution is 0.102. The van der Waals surface area contributed by atoms with Crippen molar-refractivity contribution in [2.24, 2.45) is 0 Å². The number of aromatic nitrogens is 2. The Balaban J connectivity index is 1.90. The van der Waals surface area contributed by atoms with Crippen LogP contribution in [0.15, 0.2) is 54.9 Å². The van der Waals surface area contributed by atoms with Crippen LogP contribution in [0, 0.1) is 12.3 Å². The average Bonchev–Trinajstić information content (AvgIpc) is 2.67. The summed E-state index contributed by atoms with van der Waals surface area (Å²) < 4.78 is 0. The number of carbonyl (C=O) groups is 1. The number of hydrogen-bond acceptors (Lipinski definition) is 6. The Morgan fingerprint density at radius 3 is 2.56 bits per heavy atom. The molecule has 1 heterocycles. The molecule has 0 saturated heterocycles. The van der Waals surface area contributed by atoms with E-state index < -0.39 is 0 Å². The van der Waals surface area contributed by atoms with E-state index in [0.29, 0.717) is 22.5 Å². The topological polar surface area (TPSA) is 117 Å². The van der Waals surface area contributed by atoms with Crippen molar-refractivity contribution in [1.82, 2.24) is 9.97 Å². The number of nitrogens with one attached hydrogen (secondary N) is 3. The second-order valence-corrected chi connectivity index (χ2v) is 6.01. The predicted octanol–water partition coefficient (Wildman–Crippen LogP) is 3.08. The molecule has 27 heavy (non-hydrogen) atoms. The van der Waals surface area contributed by atoms with Gasteiger partial charge in [-0.1, -0.05) is 24.3 Å². The Kier molecular flexibility index (Phi) is 5.12. The molecule has 0 aliphatic rings. The van der Waals surface area contributed by atoms with Crippen LogP contribution in [-0.2, 0) is 0 Å². The predicted molar refractivity (Wildman–Crippen MR) is 107 cm³/mol. The normalized spacial score (nSPS) is 10.3. The fraction of sp³-hybridized carbons (Fsp3) is 0.100. The molecule has 7 nitrogen and oxygen atoms in total. The zero-order valence-electron chi connectivity index (χ0n) is 15.1. The van der Waals surface area contributed by atoms with Gasteiger partial charge in [-0.3, -0.25) is 10.2 Å². The summed E-state index contributed by atoms with van der Waals surface area (Å²) in [6, 6.07) is 14.4. The first-order valence-corrected chi connectivity index (χ1v) is 8.35. The third kappa shape index (κ3) is 3.92. The fourth-order valence-electron chi connectivity index (χ4n) is 2.72. The van der Waals surface area contributed by atoms with Crippen LogP contribution < -0.4 is 16.4 Å². The molecule has 3 rings (SSSR count). The van der Waals surface area contributed by atoms with Crippen molar-refractivity contribution in [3.05, 3.63) is 77.1 Å². The monoisotopic (exact) mass is 360 g/mol. The van der Waals surface area contributed by atoms with Crippen LogP contribution in [0.5, 0.6) is 0 Å². The average molecular weight is 360 g/mol. The Labute approximate surface area is 157 Å². The van der Waals surface area contributed by atoms with Crippen LogP contribution in [-0.4, -0.2) is 28.6 Å². The Bertz CT molecular complexity index is 1010. The minimum Gasteiger partial charge on any atom is -0.383 e. The zero-order chi connectivity index (χ0) is 19.4. The Morgan fingerprint density at radius 1 is 1.07 bits per heavy atom. The number of nitrogens with two attached hydrogens (primary N) is 1. The van der Waals surface area contributed by atoms with E-state index in [2.05, 4.69) is 20.6 Å². The molecule has 0 saturated carbocycles. The summed E-state index contributed by atoms with van der Waals surface area (Å²) in [7, 11) is 1.70. The number of aryl methyl sites for hydroxylation is 1. The van der Waals surface area contributed by atoms with Gasteiger partial charge >= 0.3 is 0 Å². The van der Waals surface area contributed by atoms with Crippen LogP contribution in [0.25, 0.3) is 0 Å². The zero-order valence-corrected chi connectivity index (χ0v) is 15.1. The van der Waals surface area contributed by atoms with E-state index in [-0.39, 0.29) is 17.4 Å². The van der Waals surface area contributed by atoms with Gasteiger partial charge in [-0.05, 0) is 36.8 Å². The lowest BCUT2D eigenvalue weighted by Gasteiger charge is -2.12. The van der Waals surface area contributed by atoms with E-state index in [1.807, 2.05) is 31.2 Å². The smallest absolute Gasteiger partial charge is 0.255 e. The van der Waals surface area contributed by atoms with Gasteiger partial charge in [0.2, 0.25) is 0 Å². The largest absolute Gasteiger partial charge is 0.383 e. The first-order chi connectivity index (χ1) is 13.0. The molecule has 0 radical (unpaired) electrons. The third-order valence-corrected chi connectivity index (χ3v) is 4.05. The van der Waals surface area contributed by atoms with E-state index in [1.54, 1.807) is 31.3 Å². The van der Waals surface area contributed by atoms with Crippen LogP contribution >= 0.6 is 0 Å². The second kappa shape index (κ2) is 7.65. The van der Waals surface area contributed by atoms with Gasteiger partial charge in [-0.25, -0.2) is 9.97 Å². The quantitative estimate of drug-likeness (QED) is 0.522. The molecule has 0 aliphatic heterocycles. The van der Waals surface area contributed by atoms with Crippen molar-refractivity contribution < 1.29 is 4.79 Å². The van der Waals surface area contributed by atoms with Gasteiger partial charge in [0, 0.05) is 23.9 Å². The highest BCUT2D eigenvalue weighted by Crippen LogP contribution is 2.22. The third-order valence-electron chi connectivity index (χ3n) is 4.05. The van der Waals surface area contributed by atoms with Crippen molar-refractivity contribution in [2.45, 2.75) is 6.92 Å². The summed E-state index contributed by atoms with van der Waals surface area (Å²) in [5.41, 5.74) is 9.25. The summed E-state index contributed by atoms with van der Waals surface area (Å²) in [5.74, 6) is 0.414. The van der Waals surface area contributed by atoms with E-state index in [0.717, 1.165) is 11.3 Å². The van der Waals surface area contributed by atoms with Crippen LogP contribution in [0.4, 0.5) is 17.3 Å². The van der Waals surface area contributed by atoms with Gasteiger partial charge < -0.3 is 16.4 Å². The minimum absolute atomic E-state index is 0.141. The molecule has 2 aromatic carbocycles. The molecule has 0 fully saturated rings. The Morgan fingerprint density at radius 2 is 1.81 bits per heavy atom. The van der Waals surface area contributed by atoms with Crippen molar-refractivity contribution in [1.29, 1.82) is 5.41 Å². The fourth-order valence-corrected chi connectivity index (χ4v) is 2.72. The highest BCUT2D eigenvalue weighted by molar-refractivity contribution is 6.17. The van der Waals surface area contributed by atoms with Gasteiger partial charge in [-0.2, -0.15) is 0 Å². The van der Waals surface area contributed by atoms with E-state index >= 15 is 0 Å². The van der Waals surface area contributed by atoms with Crippen LogP contribution in [0.2, 0.25) is 0 Å². The van der Waals surface area contributed by atoms with E-state index in [4.69, 9.17) is 11.1 Å². The number of benzene rings is 2. The number of hydrogen-bond donors (Lipinski definition) is 4. The van der Waals surface area contributed by atoms with Gasteiger partial charge in [0.05, 0.1) is 11.3 Å². The number of nitrogen functional groups attached to an aromatic ring is 1. The lowest BCUT2D eigenvalue weighted by atomic mass is 10.0. The molecule has 136 valence electrons. The number of anilines is 3. The van der Waals surface area contributed by atoms with Gasteiger partial charge in [0.1, 0.15) is 18.0 Å². The van der Waals surface area contributed by atoms with Crippen LogP contribution in [0.1, 0.15) is 27.0 Å². The molecule has 0 aliphatic carbocycles. The number of nitrogens with zero attached hydrogens (tertiary/aromatic N) is 2. The van der Waals surface area contributed by atoms with Gasteiger partial charge in [0.25, 0.3) is 5.91 Å². The van der Waals surface area contributed by atoms with Crippen molar-refractivity contribution >= 4 is 28.9 Å². The first-order valence-electron chi connectivity index (χ1n) is 8.35. The maximum absolute atomic E-state index is 12.6. The summed E-state index contributed by atoms with van der Waals surface area (Å²) in [4.78, 5) is 20.6. The summed E-state index contributed by atoms with van der Waals surface area (Å²) in [6.07, 6.45) is 1.34. The molecule has 3 aromatic rings. The summed E-state index contributed by atoms with van der Waals surface area (Å²) >= 11 is 0. The summed E-state index contributed by atoms with van der Waals surface area (Å²) in [6.45, 7) is 1.96. The highest BCUT2D eigenvalue weighted by Gasteiger charge is 2.16. The minimum atomic E-state index is -0.249. The SMILES string of the molecule is CNc1ncnc(N)c1C(=N)c1cccc(C(=O)Nc2cccc(C)c2)c1. The maximum atomic E-state index is 12.6. The summed E-state index contributed by atoms with van der Waals surface area (Å²) in [5, 5.41) is 14.3. The lowest BCUT2D eigenvalue weighted by Crippen LogP contribution is -2.15. The molecular weight excluding hydrogens is 340 g/mol. The van der Waals surface area contributed by atoms with E-state index in [9.17, 15) is 4.79 Å². The molecule has 5 N–H and O–H groups in total. The molecule has 7 heteroatoms. The van der Waals surface area contributed by atoms with Crippen molar-refractivity contribution in [3.8, 4) is 0 Å². The van der Waals surface area contributed by atoms with Gasteiger partial charge in [0.15, 0.2) is 0 Å². The van der Waals surface area contributed by atoms with Crippen LogP contribution in [0.3, 0.4) is 0 Å². The second-order valence-electron chi connectivity index (χ2n) is 6.01. The first kappa shape index (κ1) is 18.1. The maximum Gasteiger partial charge on any atom is 0.255 e. The number of amides is 1. The molecule has 0 bridgehead atoms. The molecule has 1 aromatic heterocycles. The number of carbonyl (C=O) groups excluding carboxylic acids is 1. The molecule has 0 spiro atoms. The molecule has 0 unspecified atom stereocenters. The van der Waals surface area contributed by atoms with Crippen molar-refractivity contribution in [2.75, 3.05) is 23.4 Å². The highest BCUT2D eigenvalue weighted by atomic mass is 16.1.